The fourth-order valence-electron chi connectivity index (χ4n) is 2.86. The van der Waals surface area contributed by atoms with Gasteiger partial charge in [0.2, 0.25) is 5.91 Å². The first-order chi connectivity index (χ1) is 10.8. The Kier molecular flexibility index (Phi) is 4.62. The van der Waals surface area contributed by atoms with E-state index in [1.165, 1.54) is 0 Å². The van der Waals surface area contributed by atoms with Gasteiger partial charge in [-0.05, 0) is 19.4 Å². The Hall–Kier alpha value is -2.02. The van der Waals surface area contributed by atoms with Crippen LogP contribution in [0.4, 0.5) is 0 Å². The molecule has 1 atom stereocenters. The van der Waals surface area contributed by atoms with Crippen molar-refractivity contribution in [2.45, 2.75) is 38.6 Å². The number of hydrogen-bond donors (Lipinski definition) is 2. The van der Waals surface area contributed by atoms with Crippen molar-refractivity contribution in [2.24, 2.45) is 0 Å². The summed E-state index contributed by atoms with van der Waals surface area (Å²) in [7, 11) is 0. The molecule has 7 heteroatoms. The second-order valence-corrected chi connectivity index (χ2v) is 5.63. The van der Waals surface area contributed by atoms with Crippen LogP contribution in [0.5, 0.6) is 0 Å². The number of carbonyl (C=O) groups excluding carboxylic acids is 1. The quantitative estimate of drug-likeness (QED) is 0.825. The van der Waals surface area contributed by atoms with Gasteiger partial charge in [0, 0.05) is 37.8 Å². The van der Waals surface area contributed by atoms with Crippen LogP contribution < -0.4 is 10.6 Å². The zero-order valence-corrected chi connectivity index (χ0v) is 12.9. The van der Waals surface area contributed by atoms with Crippen LogP contribution in [0, 0.1) is 0 Å². The van der Waals surface area contributed by atoms with E-state index in [1.807, 2.05) is 11.6 Å². The van der Waals surface area contributed by atoms with Crippen molar-refractivity contribution < 1.29 is 4.79 Å². The molecule has 0 aliphatic carbocycles. The third-order valence-electron chi connectivity index (χ3n) is 3.96. The second kappa shape index (κ2) is 6.83. The predicted molar refractivity (Wildman–Crippen MR) is 83.5 cm³/mol. The van der Waals surface area contributed by atoms with Crippen LogP contribution in [0.1, 0.15) is 37.8 Å². The molecule has 2 N–H and O–H groups in total. The van der Waals surface area contributed by atoms with Crippen LogP contribution in [0.25, 0.3) is 11.2 Å². The van der Waals surface area contributed by atoms with E-state index < -0.39 is 0 Å². The van der Waals surface area contributed by atoms with Gasteiger partial charge in [-0.25, -0.2) is 14.6 Å². The number of rotatable bonds is 6. The molecule has 0 radical (unpaired) electrons. The fourth-order valence-corrected chi connectivity index (χ4v) is 2.86. The summed E-state index contributed by atoms with van der Waals surface area (Å²) in [5.74, 6) is 0.486. The highest BCUT2D eigenvalue weighted by Gasteiger charge is 2.24. The third-order valence-corrected chi connectivity index (χ3v) is 3.96. The average molecular weight is 302 g/mol. The summed E-state index contributed by atoms with van der Waals surface area (Å²) in [5.41, 5.74) is 2.71. The lowest BCUT2D eigenvalue weighted by atomic mass is 10.0. The van der Waals surface area contributed by atoms with E-state index in [0.717, 1.165) is 42.8 Å². The molecule has 118 valence electrons. The van der Waals surface area contributed by atoms with Crippen LogP contribution in [-0.2, 0) is 11.3 Å². The van der Waals surface area contributed by atoms with Crippen molar-refractivity contribution in [3.8, 4) is 0 Å². The summed E-state index contributed by atoms with van der Waals surface area (Å²) in [6, 6.07) is 0. The van der Waals surface area contributed by atoms with E-state index in [2.05, 4.69) is 20.6 Å². The minimum absolute atomic E-state index is 0.0882. The van der Waals surface area contributed by atoms with Crippen molar-refractivity contribution in [1.82, 2.24) is 30.4 Å². The predicted octanol–water partition coefficient (Wildman–Crippen LogP) is 0.820. The first-order valence-electron chi connectivity index (χ1n) is 7.94. The van der Waals surface area contributed by atoms with Crippen molar-refractivity contribution in [1.29, 1.82) is 0 Å². The molecular formula is C15H22N6O. The molecule has 7 nitrogen and oxygen atoms in total. The summed E-state index contributed by atoms with van der Waals surface area (Å²) in [6.45, 7) is 5.14. The van der Waals surface area contributed by atoms with Crippen molar-refractivity contribution >= 4 is 17.1 Å². The molecule has 2 aromatic rings. The standard InChI is InChI=1S/C15H22N6O/c1-2-3-12(22)17-8-9-21-15-14(18-6-7-19-15)13(20-21)11-4-5-16-10-11/h6-7,11,16H,2-5,8-10H2,1H3,(H,17,22)/t11-/m0/s1. The molecule has 3 heterocycles. The zero-order chi connectivity index (χ0) is 15.4. The van der Waals surface area contributed by atoms with E-state index in [-0.39, 0.29) is 5.91 Å². The maximum atomic E-state index is 11.5. The number of nitrogens with zero attached hydrogens (tertiary/aromatic N) is 4. The molecule has 1 saturated heterocycles. The molecule has 0 spiro atoms. The minimum Gasteiger partial charge on any atom is -0.354 e. The highest BCUT2D eigenvalue weighted by molar-refractivity contribution is 5.76. The van der Waals surface area contributed by atoms with E-state index in [4.69, 9.17) is 5.10 Å². The number of fused-ring (bicyclic) bond motifs is 1. The lowest BCUT2D eigenvalue weighted by Crippen LogP contribution is -2.27. The Morgan fingerprint density at radius 2 is 2.32 bits per heavy atom. The van der Waals surface area contributed by atoms with Crippen molar-refractivity contribution in [3.63, 3.8) is 0 Å². The molecule has 1 amide bonds. The minimum atomic E-state index is 0.0882. The Bertz CT molecular complexity index is 647. The molecule has 0 unspecified atom stereocenters. The first-order valence-corrected chi connectivity index (χ1v) is 7.94. The number of carbonyl (C=O) groups is 1. The lowest BCUT2D eigenvalue weighted by Gasteiger charge is -2.05. The second-order valence-electron chi connectivity index (χ2n) is 5.63. The largest absolute Gasteiger partial charge is 0.354 e. The van der Waals surface area contributed by atoms with Crippen LogP contribution in [0.2, 0.25) is 0 Å². The van der Waals surface area contributed by atoms with Crippen molar-refractivity contribution in [3.05, 3.63) is 18.1 Å². The number of nitrogens with one attached hydrogen (secondary N) is 2. The van der Waals surface area contributed by atoms with Gasteiger partial charge in [0.15, 0.2) is 5.65 Å². The van der Waals surface area contributed by atoms with E-state index >= 15 is 0 Å². The Balaban J connectivity index is 1.76. The van der Waals surface area contributed by atoms with Crippen LogP contribution in [0.3, 0.4) is 0 Å². The van der Waals surface area contributed by atoms with E-state index in [1.54, 1.807) is 12.4 Å². The van der Waals surface area contributed by atoms with Crippen molar-refractivity contribution in [2.75, 3.05) is 19.6 Å². The van der Waals surface area contributed by atoms with Crippen LogP contribution in [0.15, 0.2) is 12.4 Å². The fraction of sp³-hybridized carbons (Fsp3) is 0.600. The normalized spacial score (nSPS) is 18.0. The average Bonchev–Trinajstić information content (AvgIpc) is 3.15. The summed E-state index contributed by atoms with van der Waals surface area (Å²) in [4.78, 5) is 20.4. The molecule has 2 aromatic heterocycles. The molecule has 22 heavy (non-hydrogen) atoms. The van der Waals surface area contributed by atoms with E-state index in [9.17, 15) is 4.79 Å². The molecule has 3 rings (SSSR count). The Morgan fingerprint density at radius 3 is 3.09 bits per heavy atom. The van der Waals surface area contributed by atoms with Gasteiger partial charge in [0.1, 0.15) is 5.52 Å². The van der Waals surface area contributed by atoms with Gasteiger partial charge >= 0.3 is 0 Å². The smallest absolute Gasteiger partial charge is 0.220 e. The third kappa shape index (κ3) is 3.09. The summed E-state index contributed by atoms with van der Waals surface area (Å²) < 4.78 is 1.86. The number of amides is 1. The van der Waals surface area contributed by atoms with Gasteiger partial charge < -0.3 is 10.6 Å². The zero-order valence-electron chi connectivity index (χ0n) is 12.9. The lowest BCUT2D eigenvalue weighted by molar-refractivity contribution is -0.121. The molecule has 0 bridgehead atoms. The highest BCUT2D eigenvalue weighted by Crippen LogP contribution is 2.26. The van der Waals surface area contributed by atoms with Gasteiger partial charge in [-0.3, -0.25) is 4.79 Å². The topological polar surface area (TPSA) is 84.7 Å². The molecule has 1 aliphatic rings. The van der Waals surface area contributed by atoms with E-state index in [0.29, 0.717) is 25.4 Å². The SMILES string of the molecule is CCCC(=O)NCCn1nc([C@H]2CCNC2)c2nccnc21. The summed E-state index contributed by atoms with van der Waals surface area (Å²) in [5, 5.41) is 11.0. The molecule has 0 saturated carbocycles. The Labute approximate surface area is 129 Å². The first kappa shape index (κ1) is 14.9. The van der Waals surface area contributed by atoms with Gasteiger partial charge in [0.25, 0.3) is 0 Å². The summed E-state index contributed by atoms with van der Waals surface area (Å²) >= 11 is 0. The van der Waals surface area contributed by atoms with Gasteiger partial charge in [-0.2, -0.15) is 5.10 Å². The maximum Gasteiger partial charge on any atom is 0.220 e. The Morgan fingerprint density at radius 1 is 1.45 bits per heavy atom. The molecular weight excluding hydrogens is 280 g/mol. The summed E-state index contributed by atoms with van der Waals surface area (Å²) in [6.07, 6.45) is 5.91. The molecule has 1 fully saturated rings. The number of aromatic nitrogens is 4. The van der Waals surface area contributed by atoms with Crippen LogP contribution in [-0.4, -0.2) is 45.3 Å². The molecule has 1 aliphatic heterocycles. The maximum absolute atomic E-state index is 11.5. The van der Waals surface area contributed by atoms with Gasteiger partial charge in [0.05, 0.1) is 12.2 Å². The van der Waals surface area contributed by atoms with Gasteiger partial charge in [-0.1, -0.05) is 6.92 Å². The van der Waals surface area contributed by atoms with Crippen LogP contribution >= 0.6 is 0 Å². The van der Waals surface area contributed by atoms with Gasteiger partial charge in [-0.15, -0.1) is 0 Å². The highest BCUT2D eigenvalue weighted by atomic mass is 16.1. The number of hydrogen-bond acceptors (Lipinski definition) is 5. The monoisotopic (exact) mass is 302 g/mol. The molecule has 0 aromatic carbocycles.